The van der Waals surface area contributed by atoms with Crippen LogP contribution in [0.4, 0.5) is 13.2 Å². The van der Waals surface area contributed by atoms with Gasteiger partial charge in [-0.05, 0) is 42.2 Å². The zero-order valence-electron chi connectivity index (χ0n) is 17.3. The maximum Gasteiger partial charge on any atom is 0.416 e. The molecule has 8 heteroatoms. The fourth-order valence-electron chi connectivity index (χ4n) is 3.58. The number of aryl methyl sites for hydroxylation is 1. The molecule has 4 aromatic rings. The summed E-state index contributed by atoms with van der Waals surface area (Å²) in [5, 5.41) is 9.65. The van der Waals surface area contributed by atoms with Gasteiger partial charge in [-0.1, -0.05) is 44.2 Å². The summed E-state index contributed by atoms with van der Waals surface area (Å²) in [6.45, 7) is 5.94. The van der Waals surface area contributed by atoms with E-state index >= 15 is 0 Å². The van der Waals surface area contributed by atoms with Gasteiger partial charge in [-0.25, -0.2) is 9.36 Å². The van der Waals surface area contributed by atoms with Crippen LogP contribution in [-0.2, 0) is 12.7 Å². The predicted octanol–water partition coefficient (Wildman–Crippen LogP) is 5.08. The van der Waals surface area contributed by atoms with Crippen molar-refractivity contribution in [2.45, 2.75) is 39.4 Å². The number of benzene rings is 2. The fraction of sp³-hybridized carbons (Fsp3) is 0.261. The first-order chi connectivity index (χ1) is 14.7. The highest BCUT2D eigenvalue weighted by Gasteiger charge is 2.30. The Morgan fingerprint density at radius 3 is 2.32 bits per heavy atom. The molecular formula is C23H21F3N4O. The molecule has 0 N–H and O–H groups in total. The minimum absolute atomic E-state index is 0.0245. The predicted molar refractivity (Wildman–Crippen MR) is 112 cm³/mol. The van der Waals surface area contributed by atoms with Gasteiger partial charge in [-0.2, -0.15) is 23.4 Å². The van der Waals surface area contributed by atoms with E-state index in [1.165, 1.54) is 16.8 Å². The monoisotopic (exact) mass is 426 g/mol. The van der Waals surface area contributed by atoms with Crippen molar-refractivity contribution in [2.75, 3.05) is 0 Å². The molecule has 2 heterocycles. The largest absolute Gasteiger partial charge is 0.416 e. The summed E-state index contributed by atoms with van der Waals surface area (Å²) in [5.41, 5.74) is 2.34. The number of rotatable bonds is 4. The first-order valence-electron chi connectivity index (χ1n) is 9.87. The number of para-hydroxylation sites is 1. The lowest BCUT2D eigenvalue weighted by Gasteiger charge is -2.13. The smallest absolute Gasteiger partial charge is 0.265 e. The molecule has 2 aromatic carbocycles. The Morgan fingerprint density at radius 1 is 1.03 bits per heavy atom. The van der Waals surface area contributed by atoms with Gasteiger partial charge in [0.05, 0.1) is 29.7 Å². The third kappa shape index (κ3) is 3.85. The number of nitrogens with zero attached hydrogens (tertiary/aromatic N) is 4. The van der Waals surface area contributed by atoms with Gasteiger partial charge < -0.3 is 0 Å². The third-order valence-electron chi connectivity index (χ3n) is 5.21. The van der Waals surface area contributed by atoms with Crippen LogP contribution in [0, 0.1) is 6.92 Å². The molecule has 2 aromatic heterocycles. The Labute approximate surface area is 176 Å². The molecular weight excluding hydrogens is 405 g/mol. The lowest BCUT2D eigenvalue weighted by atomic mass is 10.1. The zero-order valence-corrected chi connectivity index (χ0v) is 17.3. The SMILES string of the molecule is Cc1ccccc1-n1ncc2c(C(C)C)nn(Cc3ccc(C(F)(F)F)cc3)c(=O)c21. The van der Waals surface area contributed by atoms with Gasteiger partial charge in [-0.3, -0.25) is 4.79 Å². The quantitative estimate of drug-likeness (QED) is 0.457. The zero-order chi connectivity index (χ0) is 22.3. The highest BCUT2D eigenvalue weighted by Crippen LogP contribution is 2.29. The lowest BCUT2D eigenvalue weighted by molar-refractivity contribution is -0.137. The Balaban J connectivity index is 1.86. The molecule has 0 aliphatic rings. The van der Waals surface area contributed by atoms with Gasteiger partial charge in [0.1, 0.15) is 5.52 Å². The summed E-state index contributed by atoms with van der Waals surface area (Å²) < 4.78 is 41.5. The highest BCUT2D eigenvalue weighted by atomic mass is 19.4. The number of aromatic nitrogens is 4. The van der Waals surface area contributed by atoms with E-state index in [4.69, 9.17) is 0 Å². The van der Waals surface area contributed by atoms with Crippen molar-refractivity contribution in [1.82, 2.24) is 19.6 Å². The van der Waals surface area contributed by atoms with Crippen molar-refractivity contribution >= 4 is 10.9 Å². The maximum absolute atomic E-state index is 13.4. The minimum atomic E-state index is -4.41. The molecule has 4 rings (SSSR count). The van der Waals surface area contributed by atoms with Crippen molar-refractivity contribution in [1.29, 1.82) is 0 Å². The van der Waals surface area contributed by atoms with E-state index in [1.807, 2.05) is 45.0 Å². The summed E-state index contributed by atoms with van der Waals surface area (Å²) in [5.74, 6) is 0.0245. The standard InChI is InChI=1S/C23H21F3N4O/c1-14(2)20-18-12-27-30(19-7-5-4-6-15(19)3)21(18)22(31)29(28-20)13-16-8-10-17(11-9-16)23(24,25)26/h4-12,14H,13H2,1-3H3. The van der Waals surface area contributed by atoms with Gasteiger partial charge in [0.2, 0.25) is 0 Å². The molecule has 0 spiro atoms. The van der Waals surface area contributed by atoms with Crippen LogP contribution < -0.4 is 5.56 Å². The highest BCUT2D eigenvalue weighted by molar-refractivity contribution is 5.82. The number of hydrogen-bond acceptors (Lipinski definition) is 3. The van der Waals surface area contributed by atoms with Crippen molar-refractivity contribution in [2.24, 2.45) is 0 Å². The molecule has 31 heavy (non-hydrogen) atoms. The molecule has 0 bridgehead atoms. The average Bonchev–Trinajstić information content (AvgIpc) is 3.15. The van der Waals surface area contributed by atoms with Crippen LogP contribution in [0.2, 0.25) is 0 Å². The van der Waals surface area contributed by atoms with Crippen molar-refractivity contribution in [3.05, 3.63) is 87.5 Å². The topological polar surface area (TPSA) is 52.7 Å². The summed E-state index contributed by atoms with van der Waals surface area (Å²) in [6.07, 6.45) is -2.76. The van der Waals surface area contributed by atoms with Crippen molar-refractivity contribution in [3.8, 4) is 5.69 Å². The van der Waals surface area contributed by atoms with Gasteiger partial charge >= 0.3 is 6.18 Å². The Kier molecular flexibility index (Phi) is 5.16. The van der Waals surface area contributed by atoms with Crippen LogP contribution in [0.3, 0.4) is 0 Å². The normalized spacial score (nSPS) is 12.1. The number of alkyl halides is 3. The molecule has 0 unspecified atom stereocenters. The molecule has 0 aliphatic carbocycles. The van der Waals surface area contributed by atoms with Crippen LogP contribution in [0.25, 0.3) is 16.6 Å². The Bertz CT molecular complexity index is 1300. The van der Waals surface area contributed by atoms with Crippen molar-refractivity contribution in [3.63, 3.8) is 0 Å². The van der Waals surface area contributed by atoms with E-state index in [1.54, 1.807) is 10.9 Å². The molecule has 0 aliphatic heterocycles. The first-order valence-corrected chi connectivity index (χ1v) is 9.87. The molecule has 0 saturated heterocycles. The van der Waals surface area contributed by atoms with E-state index < -0.39 is 11.7 Å². The fourth-order valence-corrected chi connectivity index (χ4v) is 3.58. The molecule has 160 valence electrons. The summed E-state index contributed by atoms with van der Waals surface area (Å²) in [7, 11) is 0. The molecule has 0 saturated carbocycles. The van der Waals surface area contributed by atoms with Crippen LogP contribution in [0.1, 0.15) is 42.1 Å². The third-order valence-corrected chi connectivity index (χ3v) is 5.21. The van der Waals surface area contributed by atoms with Crippen LogP contribution in [-0.4, -0.2) is 19.6 Å². The second-order valence-electron chi connectivity index (χ2n) is 7.80. The summed E-state index contributed by atoms with van der Waals surface area (Å²) in [6, 6.07) is 12.4. The molecule has 0 atom stereocenters. The van der Waals surface area contributed by atoms with E-state index in [0.717, 1.165) is 23.4 Å². The Hall–Kier alpha value is -3.42. The first kappa shape index (κ1) is 20.8. The van der Waals surface area contributed by atoms with Crippen LogP contribution in [0.5, 0.6) is 0 Å². The second kappa shape index (κ2) is 7.68. The van der Waals surface area contributed by atoms with E-state index in [9.17, 15) is 18.0 Å². The molecule has 0 amide bonds. The summed E-state index contributed by atoms with van der Waals surface area (Å²) >= 11 is 0. The van der Waals surface area contributed by atoms with Crippen molar-refractivity contribution < 1.29 is 13.2 Å². The van der Waals surface area contributed by atoms with E-state index in [0.29, 0.717) is 22.2 Å². The van der Waals surface area contributed by atoms with E-state index in [2.05, 4.69) is 10.2 Å². The molecule has 0 radical (unpaired) electrons. The maximum atomic E-state index is 13.4. The molecule has 5 nitrogen and oxygen atoms in total. The van der Waals surface area contributed by atoms with Gasteiger partial charge in [0, 0.05) is 5.39 Å². The van der Waals surface area contributed by atoms with Crippen LogP contribution >= 0.6 is 0 Å². The van der Waals surface area contributed by atoms with E-state index in [-0.39, 0.29) is 18.0 Å². The number of fused-ring (bicyclic) bond motifs is 1. The van der Waals surface area contributed by atoms with Gasteiger partial charge in [0.25, 0.3) is 5.56 Å². The van der Waals surface area contributed by atoms with Crippen LogP contribution in [0.15, 0.2) is 59.5 Å². The van der Waals surface area contributed by atoms with Gasteiger partial charge in [0.15, 0.2) is 0 Å². The lowest BCUT2D eigenvalue weighted by Crippen LogP contribution is -2.27. The average molecular weight is 426 g/mol. The minimum Gasteiger partial charge on any atom is -0.265 e. The number of halogens is 3. The summed E-state index contributed by atoms with van der Waals surface area (Å²) in [4.78, 5) is 13.4. The van der Waals surface area contributed by atoms with Gasteiger partial charge in [-0.15, -0.1) is 0 Å². The Morgan fingerprint density at radius 2 is 1.71 bits per heavy atom. The number of hydrogen-bond donors (Lipinski definition) is 0. The second-order valence-corrected chi connectivity index (χ2v) is 7.80. The molecule has 0 fully saturated rings.